The van der Waals surface area contributed by atoms with Gasteiger partial charge in [-0.2, -0.15) is 0 Å². The number of rotatable bonds is 3. The summed E-state index contributed by atoms with van der Waals surface area (Å²) in [5.74, 6) is -1.52. The topological polar surface area (TPSA) is 78.9 Å². The summed E-state index contributed by atoms with van der Waals surface area (Å²) in [4.78, 5) is 36.9. The minimum Gasteiger partial charge on any atom is -0.459 e. The summed E-state index contributed by atoms with van der Waals surface area (Å²) in [5.41, 5.74) is 2.99. The van der Waals surface area contributed by atoms with Crippen molar-refractivity contribution >= 4 is 17.9 Å². The molecule has 0 aromatic heterocycles. The molecule has 2 fully saturated rings. The van der Waals surface area contributed by atoms with Crippen molar-refractivity contribution in [3.8, 4) is 0 Å². The van der Waals surface area contributed by atoms with E-state index in [9.17, 15) is 14.4 Å². The molecule has 1 aliphatic heterocycles. The predicted octanol–water partition coefficient (Wildman–Crippen LogP) is 4.07. The van der Waals surface area contributed by atoms with Gasteiger partial charge in [0.15, 0.2) is 0 Å². The molecule has 1 aromatic carbocycles. The lowest BCUT2D eigenvalue weighted by atomic mass is 9.81. The molecule has 5 atom stereocenters. The van der Waals surface area contributed by atoms with Crippen molar-refractivity contribution in [3.05, 3.63) is 58.7 Å². The van der Waals surface area contributed by atoms with Crippen LogP contribution in [0.15, 0.2) is 47.6 Å². The molecular weight excluding hydrogens is 396 g/mol. The Morgan fingerprint density at radius 3 is 2.52 bits per heavy atom. The van der Waals surface area contributed by atoms with E-state index in [1.54, 1.807) is 12.1 Å². The molecule has 1 heterocycles. The second-order valence-electron chi connectivity index (χ2n) is 9.09. The second kappa shape index (κ2) is 7.66. The van der Waals surface area contributed by atoms with Gasteiger partial charge < -0.3 is 14.2 Å². The van der Waals surface area contributed by atoms with E-state index in [1.807, 2.05) is 32.9 Å². The molecule has 1 saturated heterocycles. The largest absolute Gasteiger partial charge is 0.459 e. The number of carbonyl (C=O) groups is 3. The van der Waals surface area contributed by atoms with E-state index in [0.717, 1.165) is 16.7 Å². The Morgan fingerprint density at radius 1 is 1.19 bits per heavy atom. The lowest BCUT2D eigenvalue weighted by molar-refractivity contribution is -0.161. The van der Waals surface area contributed by atoms with Crippen LogP contribution in [-0.4, -0.2) is 35.7 Å². The van der Waals surface area contributed by atoms with Gasteiger partial charge in [-0.1, -0.05) is 24.3 Å². The third kappa shape index (κ3) is 3.68. The minimum atomic E-state index is -0.773. The highest BCUT2D eigenvalue weighted by Gasteiger charge is 2.56. The van der Waals surface area contributed by atoms with Crippen molar-refractivity contribution in [3.63, 3.8) is 0 Å². The maximum absolute atomic E-state index is 12.8. The highest BCUT2D eigenvalue weighted by atomic mass is 16.6. The van der Waals surface area contributed by atoms with Gasteiger partial charge >= 0.3 is 17.9 Å². The van der Waals surface area contributed by atoms with E-state index in [2.05, 4.69) is 6.58 Å². The summed E-state index contributed by atoms with van der Waals surface area (Å²) in [5, 5.41) is 0. The number of benzene rings is 1. The smallest absolute Gasteiger partial charge is 0.338 e. The Morgan fingerprint density at radius 2 is 1.87 bits per heavy atom. The predicted molar refractivity (Wildman–Crippen MR) is 113 cm³/mol. The molecule has 5 unspecified atom stereocenters. The molecule has 0 bridgehead atoms. The molecule has 4 rings (SSSR count). The van der Waals surface area contributed by atoms with Crippen LogP contribution in [0.2, 0.25) is 0 Å². The first-order valence-corrected chi connectivity index (χ1v) is 10.7. The van der Waals surface area contributed by atoms with Crippen LogP contribution < -0.4 is 0 Å². The minimum absolute atomic E-state index is 0.163. The van der Waals surface area contributed by atoms with Gasteiger partial charge in [-0.05, 0) is 63.3 Å². The fourth-order valence-corrected chi connectivity index (χ4v) is 5.28. The highest BCUT2D eigenvalue weighted by molar-refractivity contribution is 5.91. The number of aryl methyl sites for hydroxylation is 1. The second-order valence-corrected chi connectivity index (χ2v) is 9.09. The first-order chi connectivity index (χ1) is 14.6. The van der Waals surface area contributed by atoms with Crippen LogP contribution in [0.4, 0.5) is 0 Å². The number of hydrogen-bond acceptors (Lipinski definition) is 6. The molecular formula is C25H28O6. The summed E-state index contributed by atoms with van der Waals surface area (Å²) in [6.45, 7) is 11.1. The van der Waals surface area contributed by atoms with Crippen molar-refractivity contribution in [2.75, 3.05) is 0 Å². The Labute approximate surface area is 182 Å². The van der Waals surface area contributed by atoms with Crippen LogP contribution in [0.1, 0.15) is 56.0 Å². The zero-order valence-electron chi connectivity index (χ0n) is 18.4. The van der Waals surface area contributed by atoms with Crippen molar-refractivity contribution in [1.82, 2.24) is 0 Å². The van der Waals surface area contributed by atoms with Crippen molar-refractivity contribution in [1.29, 1.82) is 0 Å². The van der Waals surface area contributed by atoms with Gasteiger partial charge in [0.1, 0.15) is 17.8 Å². The number of carbonyl (C=O) groups excluding carboxylic acids is 3. The van der Waals surface area contributed by atoms with Crippen LogP contribution in [0.25, 0.3) is 0 Å². The van der Waals surface area contributed by atoms with E-state index in [4.69, 9.17) is 14.2 Å². The van der Waals surface area contributed by atoms with E-state index in [-0.39, 0.29) is 23.8 Å². The monoisotopic (exact) mass is 424 g/mol. The van der Waals surface area contributed by atoms with Gasteiger partial charge in [-0.15, -0.1) is 0 Å². The average Bonchev–Trinajstić information content (AvgIpc) is 3.13. The maximum atomic E-state index is 12.8. The summed E-state index contributed by atoms with van der Waals surface area (Å²) in [6.07, 6.45) is 0.764. The average molecular weight is 424 g/mol. The van der Waals surface area contributed by atoms with Crippen LogP contribution >= 0.6 is 0 Å². The molecule has 0 N–H and O–H groups in total. The van der Waals surface area contributed by atoms with E-state index >= 15 is 0 Å². The molecule has 1 saturated carbocycles. The van der Waals surface area contributed by atoms with Gasteiger partial charge in [0, 0.05) is 24.3 Å². The number of ether oxygens (including phenoxy) is 3. The summed E-state index contributed by atoms with van der Waals surface area (Å²) < 4.78 is 17.4. The van der Waals surface area contributed by atoms with E-state index in [0.29, 0.717) is 30.4 Å². The Hall–Kier alpha value is -2.89. The van der Waals surface area contributed by atoms with Crippen LogP contribution in [0, 0.1) is 18.8 Å². The van der Waals surface area contributed by atoms with Gasteiger partial charge in [-0.25, -0.2) is 9.59 Å². The zero-order chi connectivity index (χ0) is 22.5. The van der Waals surface area contributed by atoms with Crippen molar-refractivity contribution in [2.45, 2.75) is 64.8 Å². The van der Waals surface area contributed by atoms with E-state index < -0.39 is 23.8 Å². The number of esters is 3. The standard InChI is InChI=1S/C25H28O6/c1-13-6-8-17(9-7-13)24(28)29-20-12-19-21(15(20)3)22-18(14(2)23(27)30-22)10-11-25(19,5)31-16(4)26/h6-9,18-20,22H,2,10-12H2,1,3-5H3. The molecule has 0 radical (unpaired) electrons. The normalized spacial score (nSPS) is 32.1. The third-order valence-electron chi connectivity index (χ3n) is 6.98. The number of fused-ring (bicyclic) bond motifs is 3. The Bertz CT molecular complexity index is 988. The third-order valence-corrected chi connectivity index (χ3v) is 6.98. The van der Waals surface area contributed by atoms with Crippen LogP contribution in [-0.2, 0) is 23.8 Å². The molecule has 0 spiro atoms. The molecule has 6 nitrogen and oxygen atoms in total. The first kappa shape index (κ1) is 21.3. The van der Waals surface area contributed by atoms with E-state index in [1.165, 1.54) is 6.92 Å². The Kier molecular flexibility index (Phi) is 5.28. The molecule has 2 aliphatic carbocycles. The van der Waals surface area contributed by atoms with Crippen LogP contribution in [0.5, 0.6) is 0 Å². The van der Waals surface area contributed by atoms with Crippen molar-refractivity contribution < 1.29 is 28.6 Å². The first-order valence-electron chi connectivity index (χ1n) is 10.7. The molecule has 0 amide bonds. The number of hydrogen-bond donors (Lipinski definition) is 0. The van der Waals surface area contributed by atoms with Gasteiger partial charge in [0.05, 0.1) is 5.56 Å². The van der Waals surface area contributed by atoms with Crippen molar-refractivity contribution in [2.24, 2.45) is 11.8 Å². The zero-order valence-corrected chi connectivity index (χ0v) is 18.4. The molecule has 6 heteroatoms. The molecule has 1 aromatic rings. The summed E-state index contributed by atoms with van der Waals surface area (Å²) in [6, 6.07) is 7.22. The van der Waals surface area contributed by atoms with Gasteiger partial charge in [0.25, 0.3) is 0 Å². The lowest BCUT2D eigenvalue weighted by Crippen LogP contribution is -2.40. The summed E-state index contributed by atoms with van der Waals surface area (Å²) in [7, 11) is 0. The maximum Gasteiger partial charge on any atom is 0.338 e. The summed E-state index contributed by atoms with van der Waals surface area (Å²) >= 11 is 0. The Balaban J connectivity index is 1.68. The lowest BCUT2D eigenvalue weighted by Gasteiger charge is -2.35. The van der Waals surface area contributed by atoms with Gasteiger partial charge in [-0.3, -0.25) is 4.79 Å². The fourth-order valence-electron chi connectivity index (χ4n) is 5.28. The molecule has 164 valence electrons. The van der Waals surface area contributed by atoms with Crippen LogP contribution in [0.3, 0.4) is 0 Å². The highest BCUT2D eigenvalue weighted by Crippen LogP contribution is 2.53. The molecule has 31 heavy (non-hydrogen) atoms. The molecule has 3 aliphatic rings. The SMILES string of the molecule is C=C1C(=O)OC2C3=C(C)C(OC(=O)c4ccc(C)cc4)CC3C(C)(OC(C)=O)CCC12. The quantitative estimate of drug-likeness (QED) is 0.315. The fraction of sp³-hybridized carbons (Fsp3) is 0.480. The van der Waals surface area contributed by atoms with Gasteiger partial charge in [0.2, 0.25) is 0 Å².